The van der Waals surface area contributed by atoms with Gasteiger partial charge < -0.3 is 24.1 Å². The summed E-state index contributed by atoms with van der Waals surface area (Å²) in [7, 11) is 1.53. The summed E-state index contributed by atoms with van der Waals surface area (Å²) in [5.41, 5.74) is 1.11. The van der Waals surface area contributed by atoms with E-state index in [-0.39, 0.29) is 11.4 Å². The van der Waals surface area contributed by atoms with Gasteiger partial charge in [-0.1, -0.05) is 11.2 Å². The van der Waals surface area contributed by atoms with Crippen LogP contribution in [-0.4, -0.2) is 51.6 Å². The predicted molar refractivity (Wildman–Crippen MR) is 123 cm³/mol. The van der Waals surface area contributed by atoms with Gasteiger partial charge in [0.1, 0.15) is 18.2 Å². The Morgan fingerprint density at radius 2 is 1.97 bits per heavy atom. The molecule has 1 fully saturated rings. The lowest BCUT2D eigenvalue weighted by Gasteiger charge is -2.41. The lowest BCUT2D eigenvalue weighted by molar-refractivity contribution is -0.160. The van der Waals surface area contributed by atoms with E-state index in [0.29, 0.717) is 16.9 Å². The predicted octanol–water partition coefficient (Wildman–Crippen LogP) is 4.24. The molecule has 0 unspecified atom stereocenters. The van der Waals surface area contributed by atoms with E-state index in [1.54, 1.807) is 24.5 Å². The van der Waals surface area contributed by atoms with E-state index in [2.05, 4.69) is 10.1 Å². The first kappa shape index (κ1) is 23.0. The van der Waals surface area contributed by atoms with Gasteiger partial charge in [0.2, 0.25) is 0 Å². The summed E-state index contributed by atoms with van der Waals surface area (Å²) in [5, 5.41) is 14.3. The van der Waals surface area contributed by atoms with Gasteiger partial charge in [0.25, 0.3) is 11.6 Å². The number of benzene rings is 2. The number of halogens is 3. The van der Waals surface area contributed by atoms with E-state index in [1.807, 2.05) is 23.8 Å². The Balaban J connectivity index is 1.53. The van der Waals surface area contributed by atoms with E-state index in [0.717, 1.165) is 11.4 Å². The Labute approximate surface area is 199 Å². The Kier molecular flexibility index (Phi) is 5.55. The zero-order valence-electron chi connectivity index (χ0n) is 19.1. The van der Waals surface area contributed by atoms with Crippen LogP contribution in [0.3, 0.4) is 0 Å². The molecule has 1 atom stereocenters. The molecule has 2 aliphatic heterocycles. The zero-order valence-corrected chi connectivity index (χ0v) is 19.1. The number of alkyl halides is 2. The van der Waals surface area contributed by atoms with E-state index in [4.69, 9.17) is 9.57 Å². The number of ether oxygens (including phenoxy) is 1. The normalized spacial score (nSPS) is 22.1. The van der Waals surface area contributed by atoms with Gasteiger partial charge in [-0.05, 0) is 55.0 Å². The maximum absolute atomic E-state index is 14.9. The summed E-state index contributed by atoms with van der Waals surface area (Å²) < 4.78 is 50.7. The van der Waals surface area contributed by atoms with Crippen LogP contribution in [0.1, 0.15) is 23.2 Å². The van der Waals surface area contributed by atoms with Crippen LogP contribution in [0.2, 0.25) is 0 Å². The molecule has 2 aromatic carbocycles. The maximum atomic E-state index is 14.9. The number of nitrogens with zero attached hydrogens (tertiary/aromatic N) is 4. The van der Waals surface area contributed by atoms with Gasteiger partial charge in [0.05, 0.1) is 31.4 Å². The van der Waals surface area contributed by atoms with Gasteiger partial charge >= 0.3 is 0 Å². The number of rotatable bonds is 5. The number of aromatic nitrogens is 2. The van der Waals surface area contributed by atoms with Crippen LogP contribution in [0, 0.1) is 12.7 Å². The SMILES string of the molecule is COc1cc(C=C2CC(F)(F)CN3C2=NO[C@]3(CO)c2ccc(F)cc2)ccc1-n1cnc(C)c1. The van der Waals surface area contributed by atoms with E-state index in [9.17, 15) is 18.3 Å². The Morgan fingerprint density at radius 3 is 2.63 bits per heavy atom. The summed E-state index contributed by atoms with van der Waals surface area (Å²) in [5.74, 6) is -2.87. The summed E-state index contributed by atoms with van der Waals surface area (Å²) in [6.07, 6.45) is 4.57. The third kappa shape index (κ3) is 4.03. The molecule has 182 valence electrons. The smallest absolute Gasteiger partial charge is 0.269 e. The van der Waals surface area contributed by atoms with Crippen LogP contribution < -0.4 is 4.74 Å². The van der Waals surface area contributed by atoms with Gasteiger partial charge in [-0.25, -0.2) is 18.2 Å². The molecule has 35 heavy (non-hydrogen) atoms. The number of amidine groups is 1. The Morgan fingerprint density at radius 1 is 1.20 bits per heavy atom. The Hall–Kier alpha value is -3.79. The second kappa shape index (κ2) is 8.46. The quantitative estimate of drug-likeness (QED) is 0.587. The summed E-state index contributed by atoms with van der Waals surface area (Å²) in [6, 6.07) is 10.5. The lowest BCUT2D eigenvalue weighted by atomic mass is 9.93. The largest absolute Gasteiger partial charge is 0.495 e. The molecule has 0 saturated carbocycles. The topological polar surface area (TPSA) is 72.1 Å². The molecule has 0 bridgehead atoms. The minimum absolute atomic E-state index is 0.197. The number of aliphatic hydroxyl groups excluding tert-OH is 1. The number of fused-ring (bicyclic) bond motifs is 1. The summed E-state index contributed by atoms with van der Waals surface area (Å²) in [6.45, 7) is 0.519. The van der Waals surface area contributed by atoms with Crippen LogP contribution in [0.25, 0.3) is 11.8 Å². The second-order valence-corrected chi connectivity index (χ2v) is 8.60. The molecule has 2 aliphatic rings. The number of piperidine rings is 1. The fourth-order valence-electron chi connectivity index (χ4n) is 4.46. The molecule has 1 N–H and O–H groups in total. The average Bonchev–Trinajstić information content (AvgIpc) is 3.43. The van der Waals surface area contributed by atoms with Crippen molar-refractivity contribution in [3.8, 4) is 11.4 Å². The standard InChI is InChI=1S/C25H23F3N4O3/c1-16-12-31(15-29-16)21-8-3-17(10-22(21)34-2)9-18-11-24(27,28)13-32-23(18)30-35-25(32,14-33)19-4-6-20(26)7-5-19/h3-10,12,15,33H,11,13-14H2,1-2H3/t25-/m1/s1. The van der Waals surface area contributed by atoms with Gasteiger partial charge in [0, 0.05) is 23.8 Å². The van der Waals surface area contributed by atoms with Crippen LogP contribution >= 0.6 is 0 Å². The first-order valence-corrected chi connectivity index (χ1v) is 10.9. The second-order valence-electron chi connectivity index (χ2n) is 8.60. The maximum Gasteiger partial charge on any atom is 0.269 e. The van der Waals surface area contributed by atoms with Gasteiger partial charge in [-0.3, -0.25) is 0 Å². The van der Waals surface area contributed by atoms with E-state index < -0.39 is 37.0 Å². The van der Waals surface area contributed by atoms with Gasteiger partial charge in [-0.15, -0.1) is 0 Å². The molecular formula is C25H23F3N4O3. The van der Waals surface area contributed by atoms with Crippen LogP contribution in [0.5, 0.6) is 5.75 Å². The first-order valence-electron chi connectivity index (χ1n) is 10.9. The number of methoxy groups -OCH3 is 1. The number of aryl methyl sites for hydroxylation is 1. The van der Waals surface area contributed by atoms with Crippen LogP contribution in [0.4, 0.5) is 13.2 Å². The highest BCUT2D eigenvalue weighted by atomic mass is 19.3. The third-order valence-electron chi connectivity index (χ3n) is 6.14. The van der Waals surface area contributed by atoms with E-state index in [1.165, 1.54) is 36.3 Å². The van der Waals surface area contributed by atoms with Gasteiger partial charge in [-0.2, -0.15) is 0 Å². The number of hydrogen-bond acceptors (Lipinski definition) is 6. The molecule has 1 aromatic heterocycles. The molecule has 7 nitrogen and oxygen atoms in total. The molecule has 3 heterocycles. The fraction of sp³-hybridized carbons (Fsp3) is 0.280. The molecule has 0 radical (unpaired) electrons. The minimum atomic E-state index is -3.11. The molecule has 0 spiro atoms. The lowest BCUT2D eigenvalue weighted by Crippen LogP contribution is -2.56. The highest BCUT2D eigenvalue weighted by Crippen LogP contribution is 2.44. The average molecular weight is 484 g/mol. The van der Waals surface area contributed by atoms with Crippen molar-refractivity contribution in [3.05, 3.63) is 83.2 Å². The van der Waals surface area contributed by atoms with Crippen molar-refractivity contribution >= 4 is 11.9 Å². The van der Waals surface area contributed by atoms with E-state index >= 15 is 0 Å². The molecule has 3 aromatic rings. The number of aliphatic hydroxyl groups is 1. The number of imidazole rings is 1. The summed E-state index contributed by atoms with van der Waals surface area (Å²) in [4.78, 5) is 11.0. The van der Waals surface area contributed by atoms with Crippen molar-refractivity contribution in [1.29, 1.82) is 0 Å². The van der Waals surface area contributed by atoms with Gasteiger partial charge in [0.15, 0.2) is 5.84 Å². The number of oxime groups is 1. The number of hydrogen-bond donors (Lipinski definition) is 1. The van der Waals surface area contributed by atoms with Crippen LogP contribution in [0.15, 0.2) is 65.7 Å². The fourth-order valence-corrected chi connectivity index (χ4v) is 4.46. The zero-order chi connectivity index (χ0) is 24.8. The molecule has 1 saturated heterocycles. The van der Waals surface area contributed by atoms with Crippen molar-refractivity contribution in [1.82, 2.24) is 14.5 Å². The molecular weight excluding hydrogens is 461 g/mol. The summed E-state index contributed by atoms with van der Waals surface area (Å²) >= 11 is 0. The highest BCUT2D eigenvalue weighted by molar-refractivity contribution is 6.04. The van der Waals surface area contributed by atoms with Crippen molar-refractivity contribution in [2.24, 2.45) is 5.16 Å². The first-order chi connectivity index (χ1) is 16.7. The van der Waals surface area contributed by atoms with Crippen molar-refractivity contribution in [3.63, 3.8) is 0 Å². The van der Waals surface area contributed by atoms with Crippen molar-refractivity contribution in [2.75, 3.05) is 20.3 Å². The van der Waals surface area contributed by atoms with Crippen molar-refractivity contribution < 1.29 is 27.9 Å². The molecule has 0 aliphatic carbocycles. The minimum Gasteiger partial charge on any atom is -0.495 e. The molecule has 10 heteroatoms. The molecule has 5 rings (SSSR count). The van der Waals surface area contributed by atoms with Crippen molar-refractivity contribution in [2.45, 2.75) is 25.0 Å². The molecule has 0 amide bonds. The highest BCUT2D eigenvalue weighted by Gasteiger charge is 2.55. The monoisotopic (exact) mass is 484 g/mol. The van der Waals surface area contributed by atoms with Crippen LogP contribution in [-0.2, 0) is 10.6 Å². The Bertz CT molecular complexity index is 1320. The third-order valence-corrected chi connectivity index (χ3v) is 6.14.